The van der Waals surface area contributed by atoms with E-state index < -0.39 is 38.8 Å². The quantitative estimate of drug-likeness (QED) is 0.704. The molecule has 1 N–H and O–H groups in total. The first-order valence-corrected chi connectivity index (χ1v) is 10.9. The molecule has 2 atom stereocenters. The Kier molecular flexibility index (Phi) is 6.39. The van der Waals surface area contributed by atoms with E-state index in [1.807, 2.05) is 0 Å². The first kappa shape index (κ1) is 21.7. The van der Waals surface area contributed by atoms with E-state index in [0.717, 1.165) is 17.0 Å². The molecular formula is C20H17ClFN3O4S. The number of nitrogens with zero attached hydrogens (tertiary/aromatic N) is 2. The minimum atomic E-state index is -3.94. The van der Waals surface area contributed by atoms with E-state index in [1.165, 1.54) is 30.3 Å². The van der Waals surface area contributed by atoms with Crippen LogP contribution in [0.3, 0.4) is 0 Å². The maximum atomic E-state index is 13.2. The molecular weight excluding hydrogens is 433 g/mol. The van der Waals surface area contributed by atoms with Gasteiger partial charge >= 0.3 is 0 Å². The molecule has 156 valence electrons. The number of likely N-dealkylation sites (tertiary alicyclic amines) is 1. The summed E-state index contributed by atoms with van der Waals surface area (Å²) in [6.45, 7) is -0.524. The van der Waals surface area contributed by atoms with Gasteiger partial charge < -0.3 is 10.2 Å². The largest absolute Gasteiger partial charge is 0.341 e. The molecule has 0 spiro atoms. The van der Waals surface area contributed by atoms with Crippen molar-refractivity contribution >= 4 is 33.3 Å². The van der Waals surface area contributed by atoms with Gasteiger partial charge in [-0.1, -0.05) is 23.7 Å². The molecule has 0 saturated carbocycles. The van der Waals surface area contributed by atoms with E-state index in [2.05, 4.69) is 5.32 Å². The lowest BCUT2D eigenvalue weighted by atomic mass is 10.1. The van der Waals surface area contributed by atoms with Crippen molar-refractivity contribution in [3.05, 3.63) is 64.9 Å². The molecule has 2 aromatic rings. The summed E-state index contributed by atoms with van der Waals surface area (Å²) < 4.78 is 39.5. The van der Waals surface area contributed by atoms with Gasteiger partial charge in [-0.3, -0.25) is 9.59 Å². The van der Waals surface area contributed by atoms with Gasteiger partial charge in [-0.05, 0) is 42.8 Å². The van der Waals surface area contributed by atoms with Gasteiger partial charge in [0.1, 0.15) is 18.4 Å². The number of benzene rings is 2. The summed E-state index contributed by atoms with van der Waals surface area (Å²) in [5.41, 5.74) is 0.116. The second-order valence-electron chi connectivity index (χ2n) is 6.69. The van der Waals surface area contributed by atoms with Crippen LogP contribution in [-0.2, 0) is 14.6 Å². The zero-order valence-electron chi connectivity index (χ0n) is 15.6. The van der Waals surface area contributed by atoms with Crippen LogP contribution in [0.15, 0.2) is 53.4 Å². The molecule has 0 aromatic heterocycles. The Balaban J connectivity index is 1.95. The number of carbonyl (C=O) groups excluding carboxylic acids is 2. The van der Waals surface area contributed by atoms with E-state index >= 15 is 0 Å². The van der Waals surface area contributed by atoms with E-state index in [4.69, 9.17) is 16.9 Å². The van der Waals surface area contributed by atoms with E-state index in [9.17, 15) is 22.4 Å². The summed E-state index contributed by atoms with van der Waals surface area (Å²) in [6, 6.07) is 11.3. The molecule has 0 bridgehead atoms. The third kappa shape index (κ3) is 4.30. The molecule has 0 aliphatic carbocycles. The number of hydrogen-bond acceptors (Lipinski definition) is 5. The second-order valence-corrected chi connectivity index (χ2v) is 9.29. The predicted molar refractivity (Wildman–Crippen MR) is 107 cm³/mol. The smallest absolute Gasteiger partial charge is 0.254 e. The fourth-order valence-corrected chi connectivity index (χ4v) is 5.57. The number of hydrogen-bond donors (Lipinski definition) is 1. The molecule has 2 unspecified atom stereocenters. The van der Waals surface area contributed by atoms with Crippen LogP contribution >= 0.6 is 11.6 Å². The number of nitrogens with one attached hydrogen (secondary N) is 1. The fraction of sp³-hybridized carbons (Fsp3) is 0.250. The zero-order valence-corrected chi connectivity index (χ0v) is 17.2. The van der Waals surface area contributed by atoms with E-state index in [0.29, 0.717) is 0 Å². The van der Waals surface area contributed by atoms with Gasteiger partial charge in [0.25, 0.3) is 5.91 Å². The second kappa shape index (κ2) is 8.81. The van der Waals surface area contributed by atoms with E-state index in [1.54, 1.807) is 12.1 Å². The summed E-state index contributed by atoms with van der Waals surface area (Å²) in [5, 5.41) is 10.1. The van der Waals surface area contributed by atoms with Crippen LogP contribution < -0.4 is 5.32 Å². The third-order valence-electron chi connectivity index (χ3n) is 4.84. The van der Waals surface area contributed by atoms with Gasteiger partial charge in [0.15, 0.2) is 9.84 Å². The summed E-state index contributed by atoms with van der Waals surface area (Å²) in [5.74, 6) is -1.77. The molecule has 2 amide bonds. The lowest BCUT2D eigenvalue weighted by Gasteiger charge is -2.23. The first-order chi connectivity index (χ1) is 14.3. The van der Waals surface area contributed by atoms with E-state index in [-0.39, 0.29) is 35.0 Å². The van der Waals surface area contributed by atoms with Gasteiger partial charge in [-0.15, -0.1) is 0 Å². The van der Waals surface area contributed by atoms with Crippen molar-refractivity contribution in [2.45, 2.75) is 22.6 Å². The van der Waals surface area contributed by atoms with Crippen LogP contribution in [0.2, 0.25) is 5.02 Å². The highest BCUT2D eigenvalue weighted by Gasteiger charge is 2.45. The number of rotatable bonds is 5. The minimum absolute atomic E-state index is 0.0475. The van der Waals surface area contributed by atoms with Crippen LogP contribution in [-0.4, -0.2) is 49.5 Å². The predicted octanol–water partition coefficient (Wildman–Crippen LogP) is 2.18. The SMILES string of the molecule is N#CCNC(=O)C1CC(S(=O)(=O)c2ccccc2Cl)CN1C(=O)c1ccc(F)cc1. The average Bonchev–Trinajstić information content (AvgIpc) is 3.18. The highest BCUT2D eigenvalue weighted by atomic mass is 35.5. The Morgan fingerprint density at radius 3 is 2.50 bits per heavy atom. The molecule has 1 fully saturated rings. The lowest BCUT2D eigenvalue weighted by Crippen LogP contribution is -2.46. The third-order valence-corrected chi connectivity index (χ3v) is 7.47. The number of sulfone groups is 1. The van der Waals surface area contributed by atoms with Crippen LogP contribution in [0.1, 0.15) is 16.8 Å². The monoisotopic (exact) mass is 449 g/mol. The molecule has 0 radical (unpaired) electrons. The number of nitriles is 1. The first-order valence-electron chi connectivity index (χ1n) is 8.95. The van der Waals surface area contributed by atoms with Crippen molar-refractivity contribution in [1.29, 1.82) is 5.26 Å². The molecule has 1 heterocycles. The molecule has 2 aromatic carbocycles. The summed E-state index contributed by atoms with van der Waals surface area (Å²) in [6.07, 6.45) is -0.155. The highest BCUT2D eigenvalue weighted by Crippen LogP contribution is 2.32. The standard InChI is InChI=1S/C20H17ClFN3O4S/c21-16-3-1-2-4-18(16)30(28,29)15-11-17(19(26)24-10-9-23)25(12-15)20(27)13-5-7-14(22)8-6-13/h1-8,15,17H,10-12H2,(H,24,26). The van der Waals surface area contributed by atoms with Gasteiger partial charge in [0.05, 0.1) is 21.2 Å². The molecule has 10 heteroatoms. The van der Waals surface area contributed by atoms with Crippen LogP contribution in [0, 0.1) is 17.1 Å². The van der Waals surface area contributed by atoms with Crippen molar-refractivity contribution in [2.75, 3.05) is 13.1 Å². The zero-order chi connectivity index (χ0) is 21.9. The topological polar surface area (TPSA) is 107 Å². The normalized spacial score (nSPS) is 18.6. The van der Waals surface area contributed by atoms with Crippen molar-refractivity contribution in [3.8, 4) is 6.07 Å². The molecule has 1 saturated heterocycles. The van der Waals surface area contributed by atoms with Crippen molar-refractivity contribution in [2.24, 2.45) is 0 Å². The average molecular weight is 450 g/mol. The van der Waals surface area contributed by atoms with Crippen molar-refractivity contribution in [1.82, 2.24) is 10.2 Å². The summed E-state index contributed by atoms with van der Waals surface area (Å²) >= 11 is 6.05. The Morgan fingerprint density at radius 2 is 1.87 bits per heavy atom. The lowest BCUT2D eigenvalue weighted by molar-refractivity contribution is -0.124. The Bertz CT molecular complexity index is 1120. The molecule has 30 heavy (non-hydrogen) atoms. The Morgan fingerprint density at radius 1 is 1.20 bits per heavy atom. The number of amides is 2. The van der Waals surface area contributed by atoms with Crippen LogP contribution in [0.4, 0.5) is 4.39 Å². The summed E-state index contributed by atoms with van der Waals surface area (Å²) in [4.78, 5) is 26.6. The fourth-order valence-electron chi connectivity index (χ4n) is 3.35. The highest BCUT2D eigenvalue weighted by molar-refractivity contribution is 7.92. The minimum Gasteiger partial charge on any atom is -0.341 e. The van der Waals surface area contributed by atoms with Crippen LogP contribution in [0.5, 0.6) is 0 Å². The van der Waals surface area contributed by atoms with Gasteiger partial charge in [0.2, 0.25) is 5.91 Å². The molecule has 1 aliphatic heterocycles. The van der Waals surface area contributed by atoms with Gasteiger partial charge in [0, 0.05) is 12.1 Å². The molecule has 3 rings (SSSR count). The Hall–Kier alpha value is -2.96. The maximum Gasteiger partial charge on any atom is 0.254 e. The summed E-state index contributed by atoms with van der Waals surface area (Å²) in [7, 11) is -3.94. The Labute approximate surface area is 178 Å². The number of carbonyl (C=O) groups is 2. The van der Waals surface area contributed by atoms with Crippen molar-refractivity contribution in [3.63, 3.8) is 0 Å². The molecule has 1 aliphatic rings. The maximum absolute atomic E-state index is 13.2. The van der Waals surface area contributed by atoms with Crippen molar-refractivity contribution < 1.29 is 22.4 Å². The number of halogens is 2. The van der Waals surface area contributed by atoms with Gasteiger partial charge in [-0.25, -0.2) is 12.8 Å². The van der Waals surface area contributed by atoms with Gasteiger partial charge in [-0.2, -0.15) is 5.26 Å². The molecule has 7 nitrogen and oxygen atoms in total. The van der Waals surface area contributed by atoms with Crippen LogP contribution in [0.25, 0.3) is 0 Å².